The van der Waals surface area contributed by atoms with E-state index in [0.717, 1.165) is 6.42 Å². The van der Waals surface area contributed by atoms with Gasteiger partial charge >= 0.3 is 5.97 Å². The van der Waals surface area contributed by atoms with E-state index in [9.17, 15) is 23.8 Å². The summed E-state index contributed by atoms with van der Waals surface area (Å²) in [6.45, 7) is 3.29. The highest BCUT2D eigenvalue weighted by Crippen LogP contribution is 2.47. The van der Waals surface area contributed by atoms with Crippen molar-refractivity contribution in [2.45, 2.75) is 88.9 Å². The van der Waals surface area contributed by atoms with Crippen molar-refractivity contribution in [3.63, 3.8) is 0 Å². The summed E-state index contributed by atoms with van der Waals surface area (Å²) in [4.78, 5) is 10.5. The minimum Gasteiger partial charge on any atom is -0.491 e. The predicted octanol–water partition coefficient (Wildman–Crippen LogP) is 3.69. The van der Waals surface area contributed by atoms with Gasteiger partial charge in [0, 0.05) is 24.7 Å². The first-order valence-electron chi connectivity index (χ1n) is 10.1. The minimum absolute atomic E-state index is 0.00951. The molecule has 2 rings (SSSR count). The molecule has 7 atom stereocenters. The van der Waals surface area contributed by atoms with Crippen LogP contribution in [0.25, 0.3) is 0 Å². The lowest BCUT2D eigenvalue weighted by atomic mass is 9.87. The van der Waals surface area contributed by atoms with Crippen molar-refractivity contribution in [3.8, 4) is 0 Å². The van der Waals surface area contributed by atoms with E-state index in [-0.39, 0.29) is 25.0 Å². The molecule has 0 radical (unpaired) electrons. The first-order chi connectivity index (χ1) is 13.2. The number of ether oxygens (including phenoxy) is 1. The normalized spacial score (nSPS) is 34.4. The third kappa shape index (κ3) is 5.54. The Labute approximate surface area is 165 Å². The van der Waals surface area contributed by atoms with Gasteiger partial charge in [0.25, 0.3) is 0 Å². The van der Waals surface area contributed by atoms with Crippen LogP contribution in [0.4, 0.5) is 8.78 Å². The van der Waals surface area contributed by atoms with E-state index >= 15 is 0 Å². The highest BCUT2D eigenvalue weighted by Gasteiger charge is 2.53. The summed E-state index contributed by atoms with van der Waals surface area (Å²) in [5.41, 5.74) is -1.77. The topological polar surface area (TPSA) is 87.0 Å². The fraction of sp³-hybridized carbons (Fsp3) is 0.762. The van der Waals surface area contributed by atoms with Crippen LogP contribution in [-0.4, -0.2) is 51.4 Å². The Kier molecular flexibility index (Phi) is 8.01. The number of fused-ring (bicyclic) bond motifs is 1. The summed E-state index contributed by atoms with van der Waals surface area (Å²) >= 11 is 0. The third-order valence-electron chi connectivity index (χ3n) is 5.78. The van der Waals surface area contributed by atoms with Crippen LogP contribution in [-0.2, 0) is 9.53 Å². The Morgan fingerprint density at radius 2 is 2.14 bits per heavy atom. The molecule has 1 aliphatic heterocycles. The largest absolute Gasteiger partial charge is 0.491 e. The highest BCUT2D eigenvalue weighted by molar-refractivity contribution is 5.66. The lowest BCUT2D eigenvalue weighted by molar-refractivity contribution is -0.137. The Hall–Kier alpha value is -1.47. The maximum Gasteiger partial charge on any atom is 0.303 e. The van der Waals surface area contributed by atoms with Crippen LogP contribution in [0.15, 0.2) is 24.0 Å². The van der Waals surface area contributed by atoms with Crippen LogP contribution in [0, 0.1) is 11.8 Å². The molecule has 1 heterocycles. The average Bonchev–Trinajstić information content (AvgIpc) is 3.09. The number of carboxylic acids is 1. The quantitative estimate of drug-likeness (QED) is 0.383. The van der Waals surface area contributed by atoms with E-state index in [1.165, 1.54) is 19.1 Å². The van der Waals surface area contributed by atoms with Gasteiger partial charge in [0.1, 0.15) is 23.6 Å². The second-order valence-electron chi connectivity index (χ2n) is 8.12. The van der Waals surface area contributed by atoms with Crippen LogP contribution in [0.2, 0.25) is 0 Å². The van der Waals surface area contributed by atoms with E-state index in [1.54, 1.807) is 6.08 Å². The summed E-state index contributed by atoms with van der Waals surface area (Å²) in [5.74, 6) is -1.87. The molecule has 0 amide bonds. The molecule has 1 saturated carbocycles. The molecule has 0 aromatic carbocycles. The molecular formula is C21H32F2O5. The van der Waals surface area contributed by atoms with Crippen LogP contribution in [0.5, 0.6) is 0 Å². The van der Waals surface area contributed by atoms with Crippen molar-refractivity contribution < 1.29 is 33.6 Å². The number of aliphatic hydroxyl groups excluding tert-OH is 2. The lowest BCUT2D eigenvalue weighted by Gasteiger charge is -2.25. The highest BCUT2D eigenvalue weighted by atomic mass is 19.1. The zero-order valence-electron chi connectivity index (χ0n) is 16.6. The van der Waals surface area contributed by atoms with E-state index in [1.807, 2.05) is 6.92 Å². The van der Waals surface area contributed by atoms with Gasteiger partial charge in [0.2, 0.25) is 0 Å². The SMILES string of the molecule is CCCCC(C)(F)[C@H](O)/C=C/[C@@H]1[C@H]2C(F)/C(=C/CCCC(=O)O)O[C@@H]2C[C@H]1O. The van der Waals surface area contributed by atoms with E-state index in [4.69, 9.17) is 9.84 Å². The summed E-state index contributed by atoms with van der Waals surface area (Å²) in [5, 5.41) is 29.1. The Bertz CT molecular complexity index is 589. The number of rotatable bonds is 10. The number of aliphatic hydroxyl groups is 2. The Balaban J connectivity index is 2.00. The van der Waals surface area contributed by atoms with Gasteiger partial charge in [-0.25, -0.2) is 8.78 Å². The number of unbranched alkanes of at least 4 members (excludes halogenated alkanes) is 2. The van der Waals surface area contributed by atoms with Crippen LogP contribution >= 0.6 is 0 Å². The average molecular weight is 402 g/mol. The van der Waals surface area contributed by atoms with E-state index in [0.29, 0.717) is 19.3 Å². The maximum atomic E-state index is 14.9. The first kappa shape index (κ1) is 22.8. The number of carbonyl (C=O) groups is 1. The monoisotopic (exact) mass is 402 g/mol. The maximum absolute atomic E-state index is 14.9. The number of hydrogen-bond donors (Lipinski definition) is 3. The fourth-order valence-electron chi connectivity index (χ4n) is 4.02. The number of hydrogen-bond acceptors (Lipinski definition) is 4. The molecule has 7 heteroatoms. The third-order valence-corrected chi connectivity index (χ3v) is 5.78. The van der Waals surface area contributed by atoms with Crippen LogP contribution < -0.4 is 0 Å². The number of halogens is 2. The molecule has 0 bridgehead atoms. The van der Waals surface area contributed by atoms with Gasteiger partial charge in [0.15, 0.2) is 6.17 Å². The van der Waals surface area contributed by atoms with Crippen molar-refractivity contribution >= 4 is 5.97 Å². The minimum atomic E-state index is -1.77. The second kappa shape index (κ2) is 9.83. The van der Waals surface area contributed by atoms with Crippen molar-refractivity contribution in [2.75, 3.05) is 0 Å². The molecule has 1 aliphatic carbocycles. The standard InChI is InChI=1S/C21H32F2O5/c1-3-4-11-21(2,23)17(25)10-9-13-14(24)12-16-19(13)20(22)15(28-16)7-5-6-8-18(26)27/h7,9-10,13-14,16-17,19-20,24-25H,3-6,8,11-12H2,1-2H3,(H,26,27)/b10-9+,15-7-/t13-,14+,16+,17+,19+,20?,21?/m0/s1. The predicted molar refractivity (Wildman–Crippen MR) is 101 cm³/mol. The van der Waals surface area contributed by atoms with E-state index < -0.39 is 48.0 Å². The van der Waals surface area contributed by atoms with Gasteiger partial charge < -0.3 is 20.1 Å². The number of aliphatic carboxylic acids is 1. The van der Waals surface area contributed by atoms with Gasteiger partial charge in [-0.2, -0.15) is 0 Å². The molecule has 2 unspecified atom stereocenters. The molecule has 0 aromatic rings. The molecule has 2 fully saturated rings. The van der Waals surface area contributed by atoms with Crippen molar-refractivity contribution in [1.29, 1.82) is 0 Å². The van der Waals surface area contributed by atoms with Gasteiger partial charge in [-0.05, 0) is 32.3 Å². The summed E-state index contributed by atoms with van der Waals surface area (Å²) < 4.78 is 35.1. The summed E-state index contributed by atoms with van der Waals surface area (Å²) in [7, 11) is 0. The van der Waals surface area contributed by atoms with Gasteiger partial charge in [0.05, 0.1) is 6.10 Å². The lowest BCUT2D eigenvalue weighted by Crippen LogP contribution is -2.33. The van der Waals surface area contributed by atoms with E-state index in [2.05, 4.69) is 0 Å². The fourth-order valence-corrected chi connectivity index (χ4v) is 4.02. The van der Waals surface area contributed by atoms with Crippen LogP contribution in [0.3, 0.4) is 0 Å². The molecule has 0 spiro atoms. The summed E-state index contributed by atoms with van der Waals surface area (Å²) in [6.07, 6.45) is 3.20. The van der Waals surface area contributed by atoms with Gasteiger partial charge in [-0.3, -0.25) is 4.79 Å². The smallest absolute Gasteiger partial charge is 0.303 e. The Morgan fingerprint density at radius 1 is 1.43 bits per heavy atom. The van der Waals surface area contributed by atoms with Crippen molar-refractivity contribution in [2.24, 2.45) is 11.8 Å². The molecule has 0 aromatic heterocycles. The number of allylic oxidation sites excluding steroid dienone is 2. The number of alkyl halides is 2. The van der Waals surface area contributed by atoms with Crippen LogP contribution in [0.1, 0.15) is 58.8 Å². The van der Waals surface area contributed by atoms with Gasteiger partial charge in [-0.1, -0.05) is 31.9 Å². The summed E-state index contributed by atoms with van der Waals surface area (Å²) in [6, 6.07) is 0. The molecule has 3 N–H and O–H groups in total. The molecule has 2 aliphatic rings. The van der Waals surface area contributed by atoms with Gasteiger partial charge in [-0.15, -0.1) is 0 Å². The van der Waals surface area contributed by atoms with Crippen molar-refractivity contribution in [3.05, 3.63) is 24.0 Å². The molecule has 1 saturated heterocycles. The molecule has 28 heavy (non-hydrogen) atoms. The molecular weight excluding hydrogens is 370 g/mol. The number of carboxylic acid groups (broad SMARTS) is 1. The van der Waals surface area contributed by atoms with Crippen molar-refractivity contribution in [1.82, 2.24) is 0 Å². The Morgan fingerprint density at radius 3 is 2.79 bits per heavy atom. The first-order valence-corrected chi connectivity index (χ1v) is 10.1. The molecule has 160 valence electrons. The zero-order valence-corrected chi connectivity index (χ0v) is 16.6. The second-order valence-corrected chi connectivity index (χ2v) is 8.12. The zero-order chi connectivity index (χ0) is 20.9. The molecule has 5 nitrogen and oxygen atoms in total.